The second-order valence-corrected chi connectivity index (χ2v) is 7.12. The Hall–Kier alpha value is -1.37. The van der Waals surface area contributed by atoms with Crippen molar-refractivity contribution in [3.05, 3.63) is 23.7 Å². The summed E-state index contributed by atoms with van der Waals surface area (Å²) in [5, 5.41) is 1.54. The van der Waals surface area contributed by atoms with Crippen LogP contribution in [0.1, 0.15) is 24.4 Å². The number of carbonyl (C=O) groups excluding carboxylic acids is 1. The molecule has 0 spiro atoms. The van der Waals surface area contributed by atoms with Gasteiger partial charge in [-0.05, 0) is 25.5 Å². The van der Waals surface area contributed by atoms with Crippen molar-refractivity contribution in [3.8, 4) is 0 Å². The van der Waals surface area contributed by atoms with Gasteiger partial charge in [-0.2, -0.15) is 0 Å². The Morgan fingerprint density at radius 1 is 1.43 bits per heavy atom. The van der Waals surface area contributed by atoms with Gasteiger partial charge in [0.2, 0.25) is 5.91 Å². The Labute approximate surface area is 136 Å². The lowest BCUT2D eigenvalue weighted by molar-refractivity contribution is -0.171. The molecule has 0 radical (unpaired) electrons. The third-order valence-electron chi connectivity index (χ3n) is 5.30. The molecule has 0 aromatic carbocycles. The summed E-state index contributed by atoms with van der Waals surface area (Å²) in [4.78, 5) is 20.3. The van der Waals surface area contributed by atoms with Gasteiger partial charge in [-0.25, -0.2) is 5.06 Å². The molecule has 2 atom stereocenters. The summed E-state index contributed by atoms with van der Waals surface area (Å²) in [7, 11) is 0. The molecule has 0 bridgehead atoms. The van der Waals surface area contributed by atoms with Gasteiger partial charge in [-0.15, -0.1) is 0 Å². The number of fused-ring (bicyclic) bond motifs is 1. The summed E-state index contributed by atoms with van der Waals surface area (Å²) in [5.74, 6) is 2.46. The standard InChI is InChI=1S/C17H24N2O4/c1-13-3-4-15(23-13)9-18-8-14-10-21-12-17(14,11-18)7-16(20)19-5-2-6-22-19/h3-4,14H,2,5-12H2,1H3/t14-,17+/m1/s1. The first-order valence-corrected chi connectivity index (χ1v) is 8.43. The molecule has 0 aliphatic carbocycles. The van der Waals surface area contributed by atoms with Crippen LogP contribution in [0.2, 0.25) is 0 Å². The molecule has 4 heterocycles. The van der Waals surface area contributed by atoms with Gasteiger partial charge in [-0.1, -0.05) is 0 Å². The minimum absolute atomic E-state index is 0.0648. The van der Waals surface area contributed by atoms with E-state index in [1.807, 2.05) is 19.1 Å². The zero-order chi connectivity index (χ0) is 15.9. The van der Waals surface area contributed by atoms with E-state index < -0.39 is 0 Å². The van der Waals surface area contributed by atoms with Crippen molar-refractivity contribution < 1.29 is 18.8 Å². The lowest BCUT2D eigenvalue weighted by Crippen LogP contribution is -2.38. The second-order valence-electron chi connectivity index (χ2n) is 7.12. The van der Waals surface area contributed by atoms with Crippen molar-refractivity contribution in [2.24, 2.45) is 11.3 Å². The number of hydrogen-bond acceptors (Lipinski definition) is 5. The molecule has 1 aromatic heterocycles. The van der Waals surface area contributed by atoms with Crippen molar-refractivity contribution in [2.75, 3.05) is 39.5 Å². The van der Waals surface area contributed by atoms with Gasteiger partial charge in [-0.3, -0.25) is 14.5 Å². The molecule has 3 aliphatic heterocycles. The maximum atomic E-state index is 12.5. The molecule has 1 aromatic rings. The van der Waals surface area contributed by atoms with Crippen molar-refractivity contribution >= 4 is 5.91 Å². The summed E-state index contributed by atoms with van der Waals surface area (Å²) >= 11 is 0. The van der Waals surface area contributed by atoms with Crippen LogP contribution in [0.5, 0.6) is 0 Å². The Bertz CT molecular complexity index is 581. The number of amides is 1. The van der Waals surface area contributed by atoms with Crippen LogP contribution < -0.4 is 0 Å². The maximum Gasteiger partial charge on any atom is 0.246 e. The second kappa shape index (κ2) is 5.92. The minimum atomic E-state index is -0.0648. The molecule has 0 N–H and O–H groups in total. The zero-order valence-corrected chi connectivity index (χ0v) is 13.6. The molecular weight excluding hydrogens is 296 g/mol. The number of likely N-dealkylation sites (tertiary alicyclic amines) is 1. The van der Waals surface area contributed by atoms with Gasteiger partial charge >= 0.3 is 0 Å². The van der Waals surface area contributed by atoms with Crippen LogP contribution >= 0.6 is 0 Å². The first-order chi connectivity index (χ1) is 11.1. The fraction of sp³-hybridized carbons (Fsp3) is 0.706. The van der Waals surface area contributed by atoms with Gasteiger partial charge in [0, 0.05) is 30.8 Å². The highest BCUT2D eigenvalue weighted by Gasteiger charge is 2.52. The normalized spacial score (nSPS) is 31.0. The van der Waals surface area contributed by atoms with Crippen LogP contribution in [0.25, 0.3) is 0 Å². The number of nitrogens with zero attached hydrogens (tertiary/aromatic N) is 2. The van der Waals surface area contributed by atoms with E-state index in [0.29, 0.717) is 25.6 Å². The highest BCUT2D eigenvalue weighted by Crippen LogP contribution is 2.44. The summed E-state index contributed by atoms with van der Waals surface area (Å²) in [5.41, 5.74) is -0.0648. The smallest absolute Gasteiger partial charge is 0.246 e. The van der Waals surface area contributed by atoms with Crippen molar-refractivity contribution in [1.82, 2.24) is 9.96 Å². The Balaban J connectivity index is 1.43. The molecule has 0 saturated carbocycles. The fourth-order valence-corrected chi connectivity index (χ4v) is 4.14. The molecule has 3 saturated heterocycles. The average molecular weight is 320 g/mol. The van der Waals surface area contributed by atoms with E-state index in [1.165, 1.54) is 0 Å². The topological polar surface area (TPSA) is 55.2 Å². The van der Waals surface area contributed by atoms with E-state index in [0.717, 1.165) is 50.7 Å². The molecule has 3 fully saturated rings. The van der Waals surface area contributed by atoms with E-state index in [2.05, 4.69) is 4.90 Å². The number of furan rings is 1. The zero-order valence-electron chi connectivity index (χ0n) is 13.6. The van der Waals surface area contributed by atoms with Crippen molar-refractivity contribution in [2.45, 2.75) is 26.3 Å². The van der Waals surface area contributed by atoms with Crippen LogP contribution in [0, 0.1) is 18.3 Å². The number of hydroxylamine groups is 2. The first-order valence-electron chi connectivity index (χ1n) is 8.43. The van der Waals surface area contributed by atoms with Crippen LogP contribution in [0.4, 0.5) is 0 Å². The molecule has 23 heavy (non-hydrogen) atoms. The van der Waals surface area contributed by atoms with Gasteiger partial charge < -0.3 is 9.15 Å². The molecule has 1 amide bonds. The fourth-order valence-electron chi connectivity index (χ4n) is 4.14. The monoisotopic (exact) mass is 320 g/mol. The highest BCUT2D eigenvalue weighted by molar-refractivity contribution is 5.76. The van der Waals surface area contributed by atoms with E-state index in [9.17, 15) is 4.79 Å². The summed E-state index contributed by atoms with van der Waals surface area (Å²) in [6, 6.07) is 4.04. The third kappa shape index (κ3) is 2.91. The number of ether oxygens (including phenoxy) is 1. The van der Waals surface area contributed by atoms with Crippen LogP contribution in [0.15, 0.2) is 16.5 Å². The van der Waals surface area contributed by atoms with E-state index in [-0.39, 0.29) is 11.3 Å². The molecule has 0 unspecified atom stereocenters. The van der Waals surface area contributed by atoms with Crippen LogP contribution in [-0.4, -0.2) is 55.3 Å². The third-order valence-corrected chi connectivity index (χ3v) is 5.30. The van der Waals surface area contributed by atoms with E-state index in [4.69, 9.17) is 14.0 Å². The Morgan fingerprint density at radius 3 is 3.09 bits per heavy atom. The SMILES string of the molecule is Cc1ccc(CN2C[C@@H]3COC[C@]3(CC(=O)N3CCCO3)C2)o1. The van der Waals surface area contributed by atoms with Crippen LogP contribution in [0.3, 0.4) is 0 Å². The lowest BCUT2D eigenvalue weighted by atomic mass is 9.78. The number of carbonyl (C=O) groups is 1. The van der Waals surface area contributed by atoms with E-state index in [1.54, 1.807) is 5.06 Å². The number of hydrogen-bond donors (Lipinski definition) is 0. The molecule has 4 rings (SSSR count). The molecular formula is C17H24N2O4. The predicted octanol–water partition coefficient (Wildman–Crippen LogP) is 1.59. The number of rotatable bonds is 4. The quantitative estimate of drug-likeness (QED) is 0.843. The Morgan fingerprint density at radius 2 is 2.35 bits per heavy atom. The lowest BCUT2D eigenvalue weighted by Gasteiger charge is -2.28. The molecule has 3 aliphatic rings. The average Bonchev–Trinajstić information content (AvgIpc) is 3.23. The molecule has 6 nitrogen and oxygen atoms in total. The van der Waals surface area contributed by atoms with Gasteiger partial charge in [0.25, 0.3) is 0 Å². The van der Waals surface area contributed by atoms with E-state index >= 15 is 0 Å². The van der Waals surface area contributed by atoms with Gasteiger partial charge in [0.05, 0.1) is 32.9 Å². The van der Waals surface area contributed by atoms with Crippen molar-refractivity contribution in [3.63, 3.8) is 0 Å². The van der Waals surface area contributed by atoms with Gasteiger partial charge in [0.15, 0.2) is 0 Å². The Kier molecular flexibility index (Phi) is 3.91. The highest BCUT2D eigenvalue weighted by atomic mass is 16.7. The maximum absolute atomic E-state index is 12.5. The number of aryl methyl sites for hydroxylation is 1. The molecule has 126 valence electrons. The van der Waals surface area contributed by atoms with Gasteiger partial charge in [0.1, 0.15) is 11.5 Å². The summed E-state index contributed by atoms with van der Waals surface area (Å²) in [6.07, 6.45) is 1.45. The molecule has 6 heteroatoms. The minimum Gasteiger partial charge on any atom is -0.465 e. The first kappa shape index (κ1) is 15.2. The largest absolute Gasteiger partial charge is 0.465 e. The summed E-state index contributed by atoms with van der Waals surface area (Å²) < 4.78 is 11.4. The van der Waals surface area contributed by atoms with Crippen molar-refractivity contribution in [1.29, 1.82) is 0 Å². The predicted molar refractivity (Wildman–Crippen MR) is 82.4 cm³/mol. The van der Waals surface area contributed by atoms with Crippen LogP contribution in [-0.2, 0) is 20.9 Å². The summed E-state index contributed by atoms with van der Waals surface area (Å²) in [6.45, 7) is 7.42.